The molecular formula is C45H84P4. The molecule has 0 heterocycles. The Balaban J connectivity index is 1.60. The van der Waals surface area contributed by atoms with E-state index in [1.165, 1.54) is 193 Å². The second kappa shape index (κ2) is 18.6. The average molecular weight is 749 g/mol. The van der Waals surface area contributed by atoms with Crippen molar-refractivity contribution in [3.8, 4) is 0 Å². The summed E-state index contributed by atoms with van der Waals surface area (Å²) >= 11 is 0. The first-order chi connectivity index (χ1) is 23.7. The second-order valence-electron chi connectivity index (χ2n) is 19.6. The molecule has 4 heteroatoms. The predicted molar refractivity (Wildman–Crippen MR) is 231 cm³/mol. The minimum Gasteiger partial charge on any atom is -0.126 e. The van der Waals surface area contributed by atoms with Crippen LogP contribution >= 0.6 is 35.6 Å². The van der Waals surface area contributed by atoms with E-state index in [-0.39, 0.29) is 7.92 Å². The number of hydrogen-bond donors (Lipinski definition) is 0. The van der Waals surface area contributed by atoms with Crippen molar-refractivity contribution in [2.75, 3.05) is 0 Å². The van der Waals surface area contributed by atoms with Gasteiger partial charge in [-0.25, -0.2) is 0 Å². The van der Waals surface area contributed by atoms with E-state index >= 15 is 0 Å². The van der Waals surface area contributed by atoms with Crippen LogP contribution in [0.4, 0.5) is 0 Å². The van der Waals surface area contributed by atoms with Gasteiger partial charge in [0.2, 0.25) is 0 Å². The lowest BCUT2D eigenvalue weighted by atomic mass is 9.72. The molecule has 49 heavy (non-hydrogen) atoms. The standard InChI is InChI=1S/C45H84P4/c1-34(37-22-10-4-11-23-37)43(46,40-28-16-7-17-29-40)49(44(47,41-30-18-8-19-31-41)35(2)38-24-12-5-13-25-38)45(48,42-32-20-9-21-33-42)36(3)39-26-14-6-15-27-39/h34-42H,4-33,46-48H2,1-3H3. The fourth-order valence-corrected chi connectivity index (χ4v) is 26.9. The van der Waals surface area contributed by atoms with E-state index in [1.54, 1.807) is 0 Å². The van der Waals surface area contributed by atoms with Crippen LogP contribution in [0.2, 0.25) is 0 Å². The van der Waals surface area contributed by atoms with E-state index < -0.39 is 0 Å². The van der Waals surface area contributed by atoms with Gasteiger partial charge in [-0.15, -0.1) is 27.7 Å². The van der Waals surface area contributed by atoms with Gasteiger partial charge in [-0.3, -0.25) is 0 Å². The highest BCUT2D eigenvalue weighted by Crippen LogP contribution is 2.86. The van der Waals surface area contributed by atoms with Gasteiger partial charge in [0.1, 0.15) is 0 Å². The van der Waals surface area contributed by atoms with Crippen molar-refractivity contribution in [2.45, 2.75) is 228 Å². The molecule has 0 amide bonds. The first-order valence-corrected chi connectivity index (χ1v) is 26.0. The van der Waals surface area contributed by atoms with E-state index in [2.05, 4.69) is 48.5 Å². The van der Waals surface area contributed by atoms with Gasteiger partial charge in [0.25, 0.3) is 0 Å². The summed E-state index contributed by atoms with van der Waals surface area (Å²) in [6, 6.07) is 0. The quantitative estimate of drug-likeness (QED) is 0.174. The lowest BCUT2D eigenvalue weighted by Gasteiger charge is -2.69. The average Bonchev–Trinajstić information content (AvgIpc) is 3.18. The van der Waals surface area contributed by atoms with Gasteiger partial charge in [-0.2, -0.15) is 0 Å². The molecule has 6 rings (SSSR count). The Hall–Kier alpha value is 1.72. The second-order valence-corrected chi connectivity index (χ2v) is 26.9. The molecule has 0 N–H and O–H groups in total. The van der Waals surface area contributed by atoms with Gasteiger partial charge in [0, 0.05) is 14.7 Å². The normalized spacial score (nSPS) is 32.0. The maximum absolute atomic E-state index is 4.07. The number of hydrogen-bond acceptors (Lipinski definition) is 0. The molecule has 0 spiro atoms. The molecule has 0 radical (unpaired) electrons. The van der Waals surface area contributed by atoms with Gasteiger partial charge >= 0.3 is 0 Å². The van der Waals surface area contributed by atoms with Crippen molar-refractivity contribution in [3.05, 3.63) is 0 Å². The molecule has 6 fully saturated rings. The lowest BCUT2D eigenvalue weighted by molar-refractivity contribution is 0.155. The molecule has 9 atom stereocenters. The zero-order valence-corrected chi connectivity index (χ0v) is 37.4. The zero-order valence-electron chi connectivity index (χ0n) is 33.1. The van der Waals surface area contributed by atoms with Crippen LogP contribution in [0.5, 0.6) is 0 Å². The molecule has 284 valence electrons. The van der Waals surface area contributed by atoms with Gasteiger partial charge < -0.3 is 0 Å². The fourth-order valence-electron chi connectivity index (χ4n) is 14.0. The summed E-state index contributed by atoms with van der Waals surface area (Å²) in [5.41, 5.74) is 0. The van der Waals surface area contributed by atoms with Crippen molar-refractivity contribution in [1.82, 2.24) is 0 Å². The van der Waals surface area contributed by atoms with Crippen LogP contribution in [0, 0.1) is 53.3 Å². The monoisotopic (exact) mass is 749 g/mol. The van der Waals surface area contributed by atoms with Crippen LogP contribution in [0.3, 0.4) is 0 Å². The largest absolute Gasteiger partial charge is 0.126 e. The van der Waals surface area contributed by atoms with Gasteiger partial charge in [-0.1, -0.05) is 183 Å². The molecule has 0 aliphatic heterocycles. The Labute approximate surface area is 315 Å². The summed E-state index contributed by atoms with van der Waals surface area (Å²) in [5, 5.41) is 0. The van der Waals surface area contributed by atoms with Gasteiger partial charge in [0.05, 0.1) is 0 Å². The van der Waals surface area contributed by atoms with Crippen LogP contribution in [0.1, 0.15) is 213 Å². The third-order valence-electron chi connectivity index (χ3n) is 17.2. The Bertz CT molecular complexity index is 841. The Morgan fingerprint density at radius 3 is 0.714 bits per heavy atom. The third-order valence-corrected chi connectivity index (χ3v) is 27.2. The van der Waals surface area contributed by atoms with Crippen LogP contribution < -0.4 is 0 Å². The van der Waals surface area contributed by atoms with E-state index in [4.69, 9.17) is 0 Å². The molecule has 6 saturated carbocycles. The third kappa shape index (κ3) is 8.46. The first-order valence-electron chi connectivity index (χ1n) is 22.9. The van der Waals surface area contributed by atoms with Crippen molar-refractivity contribution < 1.29 is 0 Å². The minimum atomic E-state index is -0.369. The van der Waals surface area contributed by atoms with Crippen molar-refractivity contribution >= 4 is 35.6 Å². The SMILES string of the molecule is CC(C1CCCCC1)C(P)(C1CCCCC1)P(C(P)(C1CCCCC1)C(C)C1CCCCC1)C(P)(C1CCCCC1)C(C)C1CCCCC1. The Morgan fingerprint density at radius 2 is 0.510 bits per heavy atom. The highest BCUT2D eigenvalue weighted by molar-refractivity contribution is 7.79. The maximum Gasteiger partial charge on any atom is 0.0122 e. The summed E-state index contributed by atoms with van der Waals surface area (Å²) < 4.78 is 0. The number of rotatable bonds is 12. The maximum atomic E-state index is 4.07. The van der Waals surface area contributed by atoms with Gasteiger partial charge in [-0.05, 0) is 91.8 Å². The first kappa shape index (κ1) is 40.4. The van der Waals surface area contributed by atoms with Crippen molar-refractivity contribution in [3.63, 3.8) is 0 Å². The Kier molecular flexibility index (Phi) is 15.3. The highest BCUT2D eigenvalue weighted by Gasteiger charge is 2.66. The molecule has 9 unspecified atom stereocenters. The van der Waals surface area contributed by atoms with E-state index in [1.807, 2.05) is 0 Å². The molecule has 0 nitrogen and oxygen atoms in total. The van der Waals surface area contributed by atoms with Crippen LogP contribution in [0.15, 0.2) is 0 Å². The van der Waals surface area contributed by atoms with Crippen LogP contribution in [-0.4, -0.2) is 14.7 Å². The Morgan fingerprint density at radius 1 is 0.327 bits per heavy atom. The molecule has 0 aromatic carbocycles. The fraction of sp³-hybridized carbons (Fsp3) is 1.00. The topological polar surface area (TPSA) is 0 Å². The molecule has 6 aliphatic rings. The summed E-state index contributed by atoms with van der Waals surface area (Å²) in [6.45, 7) is 8.67. The zero-order chi connectivity index (χ0) is 34.5. The molecule has 0 bridgehead atoms. The summed E-state index contributed by atoms with van der Waals surface area (Å²) in [4.78, 5) is 1.13. The van der Waals surface area contributed by atoms with E-state index in [9.17, 15) is 0 Å². The summed E-state index contributed by atoms with van der Waals surface area (Å²) in [5.74, 6) is 8.01. The highest BCUT2D eigenvalue weighted by atomic mass is 31.2. The smallest absolute Gasteiger partial charge is 0.0122 e. The molecule has 0 saturated heterocycles. The lowest BCUT2D eigenvalue weighted by Crippen LogP contribution is -2.58. The van der Waals surface area contributed by atoms with Crippen molar-refractivity contribution in [1.29, 1.82) is 0 Å². The summed E-state index contributed by atoms with van der Waals surface area (Å²) in [6.07, 6.45) is 45.2. The molecule has 0 aromatic heterocycles. The molecule has 6 aliphatic carbocycles. The molecular weight excluding hydrogens is 664 g/mol. The van der Waals surface area contributed by atoms with E-state index in [0.29, 0.717) is 14.7 Å². The minimum absolute atomic E-state index is 0.369. The van der Waals surface area contributed by atoms with Crippen LogP contribution in [-0.2, 0) is 0 Å². The van der Waals surface area contributed by atoms with Crippen molar-refractivity contribution in [2.24, 2.45) is 53.3 Å². The van der Waals surface area contributed by atoms with Gasteiger partial charge in [0.15, 0.2) is 0 Å². The summed E-state index contributed by atoms with van der Waals surface area (Å²) in [7, 11) is 11.8. The van der Waals surface area contributed by atoms with Crippen LogP contribution in [0.25, 0.3) is 0 Å². The predicted octanol–water partition coefficient (Wildman–Crippen LogP) is 15.6. The van der Waals surface area contributed by atoms with E-state index in [0.717, 1.165) is 53.3 Å². The molecule has 0 aromatic rings.